The van der Waals surface area contributed by atoms with Crippen LogP contribution in [0.15, 0.2) is 99.8 Å². The van der Waals surface area contributed by atoms with Crippen molar-refractivity contribution in [3.63, 3.8) is 0 Å². The van der Waals surface area contributed by atoms with E-state index in [0.717, 1.165) is 66.8 Å². The van der Waals surface area contributed by atoms with Gasteiger partial charge in [-0.15, -0.1) is 0 Å². The molecule has 6 rings (SSSR count). The number of rotatable bonds is 6. The molecule has 1 N–H and O–H groups in total. The van der Waals surface area contributed by atoms with Gasteiger partial charge in [-0.3, -0.25) is 0 Å². The molecule has 0 bridgehead atoms. The van der Waals surface area contributed by atoms with Crippen LogP contribution in [0.2, 0.25) is 0 Å². The summed E-state index contributed by atoms with van der Waals surface area (Å²) in [6, 6.07) is 25.4. The Bertz CT molecular complexity index is 1910. The van der Waals surface area contributed by atoms with Crippen molar-refractivity contribution >= 4 is 34.1 Å². The molecular formula is C36H30O4. The number of phenols is 1. The number of aromatic hydroxyl groups is 1. The van der Waals surface area contributed by atoms with Crippen molar-refractivity contribution in [3.8, 4) is 39.9 Å². The van der Waals surface area contributed by atoms with E-state index in [1.807, 2.05) is 87.5 Å². The number of allylic oxidation sites excluding steroid dienone is 2. The summed E-state index contributed by atoms with van der Waals surface area (Å²) in [5.74, 6) is 2.61. The van der Waals surface area contributed by atoms with E-state index in [4.69, 9.17) is 13.6 Å². The first-order valence-corrected chi connectivity index (χ1v) is 13.4. The lowest BCUT2D eigenvalue weighted by Crippen LogP contribution is -1.87. The van der Waals surface area contributed by atoms with Crippen LogP contribution >= 0.6 is 0 Å². The number of phenolic OH excluding ortho intramolecular Hbond substituents is 1. The second-order valence-electron chi connectivity index (χ2n) is 9.93. The highest BCUT2D eigenvalue weighted by molar-refractivity contribution is 5.90. The lowest BCUT2D eigenvalue weighted by Gasteiger charge is -2.10. The Balaban J connectivity index is 1.28. The number of aryl methyl sites for hydroxylation is 2. The number of hydrogen-bond donors (Lipinski definition) is 1. The fraction of sp³-hybridized carbons (Fsp3) is 0.111. The topological polar surface area (TPSA) is 55.7 Å². The normalized spacial score (nSPS) is 11.9. The Morgan fingerprint density at radius 1 is 0.625 bits per heavy atom. The predicted molar refractivity (Wildman–Crippen MR) is 164 cm³/mol. The predicted octanol–water partition coefficient (Wildman–Crippen LogP) is 10.7. The number of ether oxygens (including phenoxy) is 1. The van der Waals surface area contributed by atoms with Crippen LogP contribution in [0, 0.1) is 13.8 Å². The van der Waals surface area contributed by atoms with Crippen LogP contribution in [0.5, 0.6) is 17.2 Å². The van der Waals surface area contributed by atoms with E-state index in [-0.39, 0.29) is 5.75 Å². The van der Waals surface area contributed by atoms with Gasteiger partial charge in [0.05, 0.1) is 0 Å². The van der Waals surface area contributed by atoms with E-state index in [9.17, 15) is 5.11 Å². The first-order chi connectivity index (χ1) is 19.4. The van der Waals surface area contributed by atoms with E-state index < -0.39 is 0 Å². The second-order valence-corrected chi connectivity index (χ2v) is 9.93. The third-order valence-corrected chi connectivity index (χ3v) is 7.21. The summed E-state index contributed by atoms with van der Waals surface area (Å²) in [4.78, 5) is 0. The van der Waals surface area contributed by atoms with Gasteiger partial charge in [0, 0.05) is 33.0 Å². The summed E-state index contributed by atoms with van der Waals surface area (Å²) in [6.07, 6.45) is 8.20. The second kappa shape index (κ2) is 10.3. The van der Waals surface area contributed by atoms with Crippen LogP contribution in [0.3, 0.4) is 0 Å². The molecule has 198 valence electrons. The molecule has 0 unspecified atom stereocenters. The van der Waals surface area contributed by atoms with Gasteiger partial charge in [0.2, 0.25) is 0 Å². The Kier molecular flexibility index (Phi) is 6.53. The van der Waals surface area contributed by atoms with Crippen LogP contribution in [0.1, 0.15) is 36.1 Å². The fourth-order valence-corrected chi connectivity index (χ4v) is 5.16. The Hall–Kier alpha value is -4.96. The molecule has 0 aliphatic heterocycles. The maximum absolute atomic E-state index is 10.6. The summed E-state index contributed by atoms with van der Waals surface area (Å²) in [6.45, 7) is 8.15. The minimum Gasteiger partial charge on any atom is -0.504 e. The zero-order valence-electron chi connectivity index (χ0n) is 23.0. The quantitative estimate of drug-likeness (QED) is 0.234. The van der Waals surface area contributed by atoms with Crippen molar-refractivity contribution in [2.75, 3.05) is 0 Å². The molecule has 0 aliphatic carbocycles. The Labute approximate surface area is 233 Å². The lowest BCUT2D eigenvalue weighted by atomic mass is 10.0. The SMILES string of the molecule is C/C=C/c1ccc2oc(-c3ccc(Oc4cc(-c5oc6ccc(/C=C/C)cc6c5C)ccc4O)cc3)c(C)c2c1. The number of benzene rings is 4. The average Bonchev–Trinajstić information content (AvgIpc) is 3.47. The molecule has 40 heavy (non-hydrogen) atoms. The van der Waals surface area contributed by atoms with E-state index in [1.54, 1.807) is 6.07 Å². The molecule has 4 nitrogen and oxygen atoms in total. The monoisotopic (exact) mass is 526 g/mol. The van der Waals surface area contributed by atoms with Crippen molar-refractivity contribution in [1.29, 1.82) is 0 Å². The molecule has 2 aromatic heterocycles. The molecule has 0 amide bonds. The first-order valence-electron chi connectivity index (χ1n) is 13.4. The third kappa shape index (κ3) is 4.58. The third-order valence-electron chi connectivity index (χ3n) is 7.21. The Morgan fingerprint density at radius 3 is 1.70 bits per heavy atom. The molecule has 0 spiro atoms. The van der Waals surface area contributed by atoms with Crippen LogP contribution in [0.4, 0.5) is 0 Å². The number of hydrogen-bond acceptors (Lipinski definition) is 4. The molecule has 0 saturated carbocycles. The highest BCUT2D eigenvalue weighted by Gasteiger charge is 2.16. The van der Waals surface area contributed by atoms with Crippen LogP contribution in [-0.2, 0) is 0 Å². The number of fused-ring (bicyclic) bond motifs is 2. The van der Waals surface area contributed by atoms with Gasteiger partial charge < -0.3 is 18.7 Å². The van der Waals surface area contributed by atoms with E-state index in [2.05, 4.69) is 37.3 Å². The van der Waals surface area contributed by atoms with Gasteiger partial charge in [0.15, 0.2) is 11.5 Å². The summed E-state index contributed by atoms with van der Waals surface area (Å²) in [7, 11) is 0. The molecule has 0 aliphatic rings. The van der Waals surface area contributed by atoms with E-state index in [1.165, 1.54) is 0 Å². The maximum atomic E-state index is 10.6. The molecular weight excluding hydrogens is 496 g/mol. The fourth-order valence-electron chi connectivity index (χ4n) is 5.16. The van der Waals surface area contributed by atoms with E-state index >= 15 is 0 Å². The standard InChI is InChI=1S/C36H30O4/c1-5-7-24-9-17-32-29(19-24)22(3)35(39-32)26-11-14-28(15-12-26)38-34-21-27(13-16-31(34)37)36-23(4)30-20-25(8-6-2)10-18-33(30)40-36/h5-21,37H,1-4H3/b7-5+,8-6+. The van der Waals surface area contributed by atoms with Gasteiger partial charge in [0.1, 0.15) is 28.4 Å². The summed E-state index contributed by atoms with van der Waals surface area (Å²) < 4.78 is 18.5. The highest BCUT2D eigenvalue weighted by Crippen LogP contribution is 2.40. The molecule has 0 atom stereocenters. The van der Waals surface area contributed by atoms with Gasteiger partial charge in [0.25, 0.3) is 0 Å². The minimum atomic E-state index is 0.0574. The van der Waals surface area contributed by atoms with Crippen LogP contribution in [-0.4, -0.2) is 5.11 Å². The molecule has 2 heterocycles. The van der Waals surface area contributed by atoms with Crippen molar-refractivity contribution in [2.24, 2.45) is 0 Å². The number of furan rings is 2. The smallest absolute Gasteiger partial charge is 0.169 e. The summed E-state index contributed by atoms with van der Waals surface area (Å²) in [5, 5.41) is 12.7. The summed E-state index contributed by atoms with van der Waals surface area (Å²) >= 11 is 0. The van der Waals surface area contributed by atoms with Crippen LogP contribution in [0.25, 0.3) is 56.7 Å². The molecule has 0 fully saturated rings. The molecule has 4 aromatic carbocycles. The lowest BCUT2D eigenvalue weighted by molar-refractivity contribution is 0.411. The molecule has 6 aromatic rings. The zero-order valence-corrected chi connectivity index (χ0v) is 23.0. The molecule has 0 saturated heterocycles. The molecule has 0 radical (unpaired) electrons. The van der Waals surface area contributed by atoms with Crippen molar-refractivity contribution in [2.45, 2.75) is 27.7 Å². The first kappa shape index (κ1) is 25.3. The van der Waals surface area contributed by atoms with Gasteiger partial charge >= 0.3 is 0 Å². The molecule has 4 heteroatoms. The Morgan fingerprint density at radius 2 is 1.15 bits per heavy atom. The van der Waals surface area contributed by atoms with Crippen molar-refractivity contribution in [1.82, 2.24) is 0 Å². The largest absolute Gasteiger partial charge is 0.504 e. The average molecular weight is 527 g/mol. The minimum absolute atomic E-state index is 0.0574. The van der Waals surface area contributed by atoms with Gasteiger partial charge in [-0.05, 0) is 106 Å². The van der Waals surface area contributed by atoms with Crippen LogP contribution < -0.4 is 4.74 Å². The van der Waals surface area contributed by atoms with Crippen molar-refractivity contribution < 1.29 is 18.7 Å². The highest BCUT2D eigenvalue weighted by atomic mass is 16.5. The van der Waals surface area contributed by atoms with Gasteiger partial charge in [-0.1, -0.05) is 36.4 Å². The van der Waals surface area contributed by atoms with Crippen molar-refractivity contribution in [3.05, 3.63) is 113 Å². The zero-order chi connectivity index (χ0) is 27.8. The van der Waals surface area contributed by atoms with E-state index in [0.29, 0.717) is 11.5 Å². The maximum Gasteiger partial charge on any atom is 0.169 e. The summed E-state index contributed by atoms with van der Waals surface area (Å²) in [5.41, 5.74) is 7.89. The van der Waals surface area contributed by atoms with Gasteiger partial charge in [-0.2, -0.15) is 0 Å². The van der Waals surface area contributed by atoms with Gasteiger partial charge in [-0.25, -0.2) is 0 Å².